The fourth-order valence-corrected chi connectivity index (χ4v) is 3.59. The van der Waals surface area contributed by atoms with Gasteiger partial charge in [0.25, 0.3) is 10.0 Å². The first kappa shape index (κ1) is 20.1. The first-order valence-electron chi connectivity index (χ1n) is 8.52. The molecule has 28 heavy (non-hydrogen) atoms. The summed E-state index contributed by atoms with van der Waals surface area (Å²) in [6, 6.07) is 21.8. The summed E-state index contributed by atoms with van der Waals surface area (Å²) < 4.78 is 31.4. The number of aryl methyl sites for hydroxylation is 1. The van der Waals surface area contributed by atoms with Gasteiger partial charge >= 0.3 is 0 Å². The third kappa shape index (κ3) is 5.43. The number of hydrogen-bond donors (Lipinski definition) is 1. The number of halogens is 1. The first-order chi connectivity index (χ1) is 13.4. The van der Waals surface area contributed by atoms with Gasteiger partial charge in [0.05, 0.1) is 11.1 Å². The van der Waals surface area contributed by atoms with Gasteiger partial charge in [-0.2, -0.15) is 13.5 Å². The Hall–Kier alpha value is -2.64. The molecule has 3 aromatic carbocycles. The average Bonchev–Trinajstić information content (AvgIpc) is 2.68. The zero-order chi connectivity index (χ0) is 20.0. The second kappa shape index (κ2) is 9.03. The number of rotatable bonds is 7. The van der Waals surface area contributed by atoms with Gasteiger partial charge in [-0.25, -0.2) is 4.83 Å². The van der Waals surface area contributed by atoms with Gasteiger partial charge in [-0.1, -0.05) is 64.0 Å². The summed E-state index contributed by atoms with van der Waals surface area (Å²) in [6.07, 6.45) is 1.43. The van der Waals surface area contributed by atoms with Gasteiger partial charge in [-0.3, -0.25) is 0 Å². The Kier molecular flexibility index (Phi) is 6.49. The van der Waals surface area contributed by atoms with Crippen molar-refractivity contribution in [2.45, 2.75) is 18.4 Å². The van der Waals surface area contributed by atoms with E-state index in [0.29, 0.717) is 17.9 Å². The van der Waals surface area contributed by atoms with Crippen LogP contribution in [0.5, 0.6) is 5.75 Å². The molecule has 0 radical (unpaired) electrons. The van der Waals surface area contributed by atoms with Crippen LogP contribution in [-0.2, 0) is 16.6 Å². The fraction of sp³-hybridized carbons (Fsp3) is 0.0952. The molecule has 0 aromatic heterocycles. The number of hydrazone groups is 1. The average molecular weight is 459 g/mol. The van der Waals surface area contributed by atoms with Crippen molar-refractivity contribution in [3.05, 3.63) is 94.0 Å². The molecule has 0 unspecified atom stereocenters. The number of ether oxygens (including phenoxy) is 1. The van der Waals surface area contributed by atoms with Crippen molar-refractivity contribution in [1.82, 2.24) is 4.83 Å². The number of sulfonamides is 1. The lowest BCUT2D eigenvalue weighted by molar-refractivity contribution is 0.305. The Morgan fingerprint density at radius 1 is 1.04 bits per heavy atom. The van der Waals surface area contributed by atoms with Gasteiger partial charge in [0.1, 0.15) is 12.4 Å². The van der Waals surface area contributed by atoms with E-state index in [9.17, 15) is 8.42 Å². The summed E-state index contributed by atoms with van der Waals surface area (Å²) in [7, 11) is -3.73. The second-order valence-corrected chi connectivity index (χ2v) is 8.70. The van der Waals surface area contributed by atoms with Crippen LogP contribution in [0.4, 0.5) is 0 Å². The number of benzene rings is 3. The third-order valence-corrected chi connectivity index (χ3v) is 5.65. The fourth-order valence-electron chi connectivity index (χ4n) is 2.42. The normalized spacial score (nSPS) is 11.5. The van der Waals surface area contributed by atoms with Gasteiger partial charge in [-0.05, 0) is 42.8 Å². The molecule has 0 spiro atoms. The Labute approximate surface area is 173 Å². The highest BCUT2D eigenvalue weighted by Crippen LogP contribution is 2.23. The summed E-state index contributed by atoms with van der Waals surface area (Å²) in [6.45, 7) is 2.30. The van der Waals surface area contributed by atoms with Crippen molar-refractivity contribution in [2.24, 2.45) is 5.10 Å². The summed E-state index contributed by atoms with van der Waals surface area (Å²) >= 11 is 3.41. The van der Waals surface area contributed by atoms with Crippen molar-refractivity contribution in [2.75, 3.05) is 0 Å². The molecule has 3 rings (SSSR count). The molecule has 144 valence electrons. The van der Waals surface area contributed by atoms with E-state index >= 15 is 0 Å². The molecule has 0 fully saturated rings. The molecular weight excluding hydrogens is 440 g/mol. The molecule has 0 atom stereocenters. The molecule has 0 bridgehead atoms. The Balaban J connectivity index is 1.73. The molecule has 0 aliphatic heterocycles. The molecule has 0 aliphatic carbocycles. The Morgan fingerprint density at radius 3 is 2.46 bits per heavy atom. The van der Waals surface area contributed by atoms with Crippen LogP contribution in [0.2, 0.25) is 0 Å². The minimum absolute atomic E-state index is 0.157. The van der Waals surface area contributed by atoms with Crippen LogP contribution in [0.15, 0.2) is 87.3 Å². The van der Waals surface area contributed by atoms with Crippen LogP contribution in [-0.4, -0.2) is 14.6 Å². The second-order valence-electron chi connectivity index (χ2n) is 6.12. The van der Waals surface area contributed by atoms with Crippen LogP contribution in [0.3, 0.4) is 0 Å². The maximum Gasteiger partial charge on any atom is 0.276 e. The van der Waals surface area contributed by atoms with E-state index in [1.54, 1.807) is 24.3 Å². The molecule has 0 amide bonds. The lowest BCUT2D eigenvalue weighted by Gasteiger charge is -2.10. The van der Waals surface area contributed by atoms with Crippen LogP contribution in [0.25, 0.3) is 0 Å². The van der Waals surface area contributed by atoms with Gasteiger partial charge < -0.3 is 4.74 Å². The zero-order valence-corrected chi connectivity index (χ0v) is 17.6. The summed E-state index contributed by atoms with van der Waals surface area (Å²) in [5, 5.41) is 3.91. The molecule has 1 N–H and O–H groups in total. The van der Waals surface area contributed by atoms with E-state index in [4.69, 9.17) is 4.74 Å². The van der Waals surface area contributed by atoms with Gasteiger partial charge in [-0.15, -0.1) is 0 Å². The number of nitrogens with zero attached hydrogens (tertiary/aromatic N) is 1. The van der Waals surface area contributed by atoms with E-state index in [1.807, 2.05) is 55.5 Å². The minimum Gasteiger partial charge on any atom is -0.488 e. The highest BCUT2D eigenvalue weighted by Gasteiger charge is 2.12. The van der Waals surface area contributed by atoms with Crippen LogP contribution in [0.1, 0.15) is 16.7 Å². The van der Waals surface area contributed by atoms with Crippen molar-refractivity contribution < 1.29 is 13.2 Å². The highest BCUT2D eigenvalue weighted by molar-refractivity contribution is 9.10. The van der Waals surface area contributed by atoms with Gasteiger partial charge in [0.2, 0.25) is 0 Å². The monoisotopic (exact) mass is 458 g/mol. The number of hydrogen-bond acceptors (Lipinski definition) is 4. The standard InChI is InChI=1S/C21H19BrN2O3S/c1-16-7-10-20(11-8-16)28(25,26)24-23-14-18-13-19(22)9-12-21(18)27-15-17-5-3-2-4-6-17/h2-14,24H,15H2,1H3. The van der Waals surface area contributed by atoms with E-state index in [-0.39, 0.29) is 4.90 Å². The minimum atomic E-state index is -3.73. The molecule has 3 aromatic rings. The summed E-state index contributed by atoms with van der Waals surface area (Å²) in [5.41, 5.74) is 2.67. The summed E-state index contributed by atoms with van der Waals surface area (Å²) in [4.78, 5) is 2.39. The maximum atomic E-state index is 12.3. The number of nitrogens with one attached hydrogen (secondary N) is 1. The first-order valence-corrected chi connectivity index (χ1v) is 10.8. The molecule has 0 heterocycles. The van der Waals surface area contributed by atoms with Crippen molar-refractivity contribution in [3.63, 3.8) is 0 Å². The van der Waals surface area contributed by atoms with E-state index in [1.165, 1.54) is 6.21 Å². The maximum absolute atomic E-state index is 12.3. The zero-order valence-electron chi connectivity index (χ0n) is 15.2. The van der Waals surface area contributed by atoms with E-state index in [0.717, 1.165) is 15.6 Å². The largest absolute Gasteiger partial charge is 0.488 e. The van der Waals surface area contributed by atoms with Crippen LogP contribution >= 0.6 is 15.9 Å². The predicted molar refractivity (Wildman–Crippen MR) is 114 cm³/mol. The van der Waals surface area contributed by atoms with Gasteiger partial charge in [0, 0.05) is 10.0 Å². The van der Waals surface area contributed by atoms with E-state index < -0.39 is 10.0 Å². The van der Waals surface area contributed by atoms with E-state index in [2.05, 4.69) is 25.9 Å². The molecule has 0 aliphatic rings. The molecule has 7 heteroatoms. The predicted octanol–water partition coefficient (Wildman–Crippen LogP) is 4.65. The highest BCUT2D eigenvalue weighted by atomic mass is 79.9. The van der Waals surface area contributed by atoms with Crippen molar-refractivity contribution >= 4 is 32.2 Å². The lowest BCUT2D eigenvalue weighted by atomic mass is 10.2. The Bertz CT molecular complexity index is 1070. The lowest BCUT2D eigenvalue weighted by Crippen LogP contribution is -2.18. The smallest absolute Gasteiger partial charge is 0.276 e. The van der Waals surface area contributed by atoms with Crippen LogP contribution < -0.4 is 9.57 Å². The summed E-state index contributed by atoms with van der Waals surface area (Å²) in [5.74, 6) is 0.602. The Morgan fingerprint density at radius 2 is 1.75 bits per heavy atom. The van der Waals surface area contributed by atoms with Crippen LogP contribution in [0, 0.1) is 6.92 Å². The molecule has 5 nitrogen and oxygen atoms in total. The SMILES string of the molecule is Cc1ccc(S(=O)(=O)NN=Cc2cc(Br)ccc2OCc2ccccc2)cc1. The molecule has 0 saturated carbocycles. The third-order valence-electron chi connectivity index (χ3n) is 3.92. The van der Waals surface area contributed by atoms with Crippen molar-refractivity contribution in [3.8, 4) is 5.75 Å². The topological polar surface area (TPSA) is 67.8 Å². The quantitative estimate of drug-likeness (QED) is 0.413. The molecule has 0 saturated heterocycles. The molecular formula is C21H19BrN2O3S. The van der Waals surface area contributed by atoms with Gasteiger partial charge in [0.15, 0.2) is 0 Å². The van der Waals surface area contributed by atoms with Crippen molar-refractivity contribution in [1.29, 1.82) is 0 Å².